The van der Waals surface area contributed by atoms with Gasteiger partial charge in [-0.15, -0.1) is 0 Å². The zero-order chi connectivity index (χ0) is 11.1. The third-order valence-corrected chi connectivity index (χ3v) is 1.34. The van der Waals surface area contributed by atoms with Gasteiger partial charge >= 0.3 is 18.0 Å². The number of urea groups is 1. The molecule has 14 heavy (non-hydrogen) atoms. The lowest BCUT2D eigenvalue weighted by Gasteiger charge is -2.09. The summed E-state index contributed by atoms with van der Waals surface area (Å²) in [7, 11) is 1.18. The minimum Gasteiger partial charge on any atom is -0.480 e. The van der Waals surface area contributed by atoms with Crippen molar-refractivity contribution >= 4 is 18.0 Å². The van der Waals surface area contributed by atoms with Gasteiger partial charge < -0.3 is 20.5 Å². The van der Waals surface area contributed by atoms with Crippen LogP contribution in [0.1, 0.15) is 6.92 Å². The smallest absolute Gasteiger partial charge is 0.325 e. The van der Waals surface area contributed by atoms with E-state index in [-0.39, 0.29) is 6.54 Å². The quantitative estimate of drug-likeness (QED) is 0.506. The number of carbonyl (C=O) groups excluding carboxylic acids is 2. The molecule has 0 bridgehead atoms. The minimum absolute atomic E-state index is 0.297. The zero-order valence-electron chi connectivity index (χ0n) is 7.86. The molecule has 2 amide bonds. The van der Waals surface area contributed by atoms with E-state index in [1.54, 1.807) is 0 Å². The summed E-state index contributed by atoms with van der Waals surface area (Å²) >= 11 is 0. The average molecular weight is 204 g/mol. The molecule has 0 fully saturated rings. The van der Waals surface area contributed by atoms with E-state index in [1.807, 2.05) is 0 Å². The fourth-order valence-electron chi connectivity index (χ4n) is 0.534. The number of methoxy groups -OCH3 is 1. The van der Waals surface area contributed by atoms with Gasteiger partial charge in [-0.1, -0.05) is 0 Å². The minimum atomic E-state index is -1.15. The van der Waals surface area contributed by atoms with Gasteiger partial charge in [-0.05, 0) is 6.92 Å². The standard InChI is InChI=1S/C7H12N2O5/c1-4(6(11)12)9-7(13)8-3-5(10)14-2/h4H,3H2,1-2H3,(H,11,12)(H2,8,9,13). The second-order valence-electron chi connectivity index (χ2n) is 2.46. The van der Waals surface area contributed by atoms with Gasteiger partial charge in [-0.3, -0.25) is 9.59 Å². The number of carboxylic acids is 1. The summed E-state index contributed by atoms with van der Waals surface area (Å²) in [6.45, 7) is 1.01. The molecule has 0 rings (SSSR count). The van der Waals surface area contributed by atoms with Gasteiger partial charge in [-0.2, -0.15) is 0 Å². The van der Waals surface area contributed by atoms with Gasteiger partial charge in [0, 0.05) is 0 Å². The number of esters is 1. The lowest BCUT2D eigenvalue weighted by atomic mass is 10.3. The lowest BCUT2D eigenvalue weighted by Crippen LogP contribution is -2.45. The van der Waals surface area contributed by atoms with Crippen molar-refractivity contribution < 1.29 is 24.2 Å². The Bertz CT molecular complexity index is 240. The summed E-state index contributed by atoms with van der Waals surface area (Å²) < 4.78 is 4.26. The fourth-order valence-corrected chi connectivity index (χ4v) is 0.534. The van der Waals surface area contributed by atoms with E-state index in [0.29, 0.717) is 0 Å². The normalized spacial score (nSPS) is 11.3. The maximum absolute atomic E-state index is 10.9. The van der Waals surface area contributed by atoms with Crippen LogP contribution >= 0.6 is 0 Å². The Kier molecular flexibility index (Phi) is 5.05. The molecule has 1 atom stereocenters. The molecule has 0 spiro atoms. The average Bonchev–Trinajstić information content (AvgIpc) is 2.13. The lowest BCUT2D eigenvalue weighted by molar-refractivity contribution is -0.139. The fraction of sp³-hybridized carbons (Fsp3) is 0.571. The van der Waals surface area contributed by atoms with Crippen LogP contribution in [0.4, 0.5) is 4.79 Å². The number of rotatable bonds is 4. The number of aliphatic carboxylic acids is 1. The summed E-state index contributed by atoms with van der Waals surface area (Å²) in [6.07, 6.45) is 0. The van der Waals surface area contributed by atoms with E-state index in [2.05, 4.69) is 15.4 Å². The summed E-state index contributed by atoms with van der Waals surface area (Å²) in [5.74, 6) is -1.76. The molecule has 0 saturated heterocycles. The third-order valence-electron chi connectivity index (χ3n) is 1.34. The first kappa shape index (κ1) is 12.2. The number of nitrogens with one attached hydrogen (secondary N) is 2. The molecule has 0 heterocycles. The number of carboxylic acid groups (broad SMARTS) is 1. The van der Waals surface area contributed by atoms with Gasteiger partial charge in [0.05, 0.1) is 7.11 Å². The van der Waals surface area contributed by atoms with Crippen molar-refractivity contribution in [3.63, 3.8) is 0 Å². The molecule has 80 valence electrons. The highest BCUT2D eigenvalue weighted by Gasteiger charge is 2.13. The third kappa shape index (κ3) is 4.96. The first-order chi connectivity index (χ1) is 6.47. The van der Waals surface area contributed by atoms with Crippen molar-refractivity contribution in [1.29, 1.82) is 0 Å². The molecule has 0 aromatic rings. The number of ether oxygens (including phenoxy) is 1. The molecular weight excluding hydrogens is 192 g/mol. The molecule has 7 heteroatoms. The van der Waals surface area contributed by atoms with Crippen LogP contribution in [0, 0.1) is 0 Å². The number of carbonyl (C=O) groups is 3. The Hall–Kier alpha value is -1.79. The Morgan fingerprint density at radius 3 is 2.43 bits per heavy atom. The predicted octanol–water partition coefficient (Wildman–Crippen LogP) is -1.07. The molecule has 3 N–H and O–H groups in total. The van der Waals surface area contributed by atoms with E-state index in [4.69, 9.17) is 5.11 Å². The summed E-state index contributed by atoms with van der Waals surface area (Å²) in [6, 6.07) is -1.74. The Morgan fingerprint density at radius 2 is 2.00 bits per heavy atom. The molecule has 0 aromatic carbocycles. The van der Waals surface area contributed by atoms with E-state index >= 15 is 0 Å². The highest BCUT2D eigenvalue weighted by Crippen LogP contribution is 1.80. The zero-order valence-corrected chi connectivity index (χ0v) is 7.86. The highest BCUT2D eigenvalue weighted by atomic mass is 16.5. The van der Waals surface area contributed by atoms with Gasteiger partial charge in [0.15, 0.2) is 0 Å². The van der Waals surface area contributed by atoms with Crippen LogP contribution in [-0.4, -0.2) is 42.8 Å². The molecular formula is C7H12N2O5. The summed E-state index contributed by atoms with van der Waals surface area (Å²) in [5.41, 5.74) is 0. The van der Waals surface area contributed by atoms with Gasteiger partial charge in [0.1, 0.15) is 12.6 Å². The second-order valence-corrected chi connectivity index (χ2v) is 2.46. The summed E-state index contributed by atoms with van der Waals surface area (Å²) in [5, 5.41) is 12.7. The van der Waals surface area contributed by atoms with Crippen molar-refractivity contribution in [2.45, 2.75) is 13.0 Å². The van der Waals surface area contributed by atoms with Crippen LogP contribution in [0.25, 0.3) is 0 Å². The molecule has 7 nitrogen and oxygen atoms in total. The van der Waals surface area contributed by atoms with E-state index in [1.165, 1.54) is 14.0 Å². The highest BCUT2D eigenvalue weighted by molar-refractivity contribution is 5.84. The molecule has 0 aliphatic heterocycles. The van der Waals surface area contributed by atoms with Crippen LogP contribution in [-0.2, 0) is 14.3 Å². The Labute approximate surface area is 80.4 Å². The van der Waals surface area contributed by atoms with Crippen LogP contribution in [0.15, 0.2) is 0 Å². The number of hydrogen-bond acceptors (Lipinski definition) is 4. The topological polar surface area (TPSA) is 105 Å². The molecule has 0 radical (unpaired) electrons. The molecule has 0 aliphatic carbocycles. The van der Waals surface area contributed by atoms with Gasteiger partial charge in [-0.25, -0.2) is 4.79 Å². The number of amides is 2. The van der Waals surface area contributed by atoms with E-state index in [9.17, 15) is 14.4 Å². The summed E-state index contributed by atoms with van der Waals surface area (Å²) in [4.78, 5) is 31.7. The van der Waals surface area contributed by atoms with Crippen LogP contribution in [0.5, 0.6) is 0 Å². The van der Waals surface area contributed by atoms with Gasteiger partial charge in [0.2, 0.25) is 0 Å². The van der Waals surface area contributed by atoms with E-state index in [0.717, 1.165) is 0 Å². The van der Waals surface area contributed by atoms with Crippen molar-refractivity contribution in [3.8, 4) is 0 Å². The molecule has 0 aromatic heterocycles. The Balaban J connectivity index is 3.76. The maximum Gasteiger partial charge on any atom is 0.325 e. The molecule has 1 unspecified atom stereocenters. The SMILES string of the molecule is COC(=O)CNC(=O)NC(C)C(=O)O. The largest absolute Gasteiger partial charge is 0.480 e. The van der Waals surface area contributed by atoms with Crippen LogP contribution in [0.2, 0.25) is 0 Å². The monoisotopic (exact) mass is 204 g/mol. The van der Waals surface area contributed by atoms with Crippen LogP contribution in [0.3, 0.4) is 0 Å². The van der Waals surface area contributed by atoms with Crippen molar-refractivity contribution in [1.82, 2.24) is 10.6 Å². The van der Waals surface area contributed by atoms with Crippen molar-refractivity contribution in [2.24, 2.45) is 0 Å². The first-order valence-corrected chi connectivity index (χ1v) is 3.81. The van der Waals surface area contributed by atoms with Crippen LogP contribution < -0.4 is 10.6 Å². The van der Waals surface area contributed by atoms with Crippen molar-refractivity contribution in [2.75, 3.05) is 13.7 Å². The predicted molar refractivity (Wildman–Crippen MR) is 45.6 cm³/mol. The molecule has 0 saturated carbocycles. The molecule has 0 aliphatic rings. The van der Waals surface area contributed by atoms with E-state index < -0.39 is 24.0 Å². The Morgan fingerprint density at radius 1 is 1.43 bits per heavy atom. The van der Waals surface area contributed by atoms with Gasteiger partial charge in [0.25, 0.3) is 0 Å². The maximum atomic E-state index is 10.9. The first-order valence-electron chi connectivity index (χ1n) is 3.81. The van der Waals surface area contributed by atoms with Crippen molar-refractivity contribution in [3.05, 3.63) is 0 Å². The second kappa shape index (κ2) is 5.79. The number of hydrogen-bond donors (Lipinski definition) is 3.